The first kappa shape index (κ1) is 17.4. The Morgan fingerprint density at radius 2 is 2.00 bits per heavy atom. The van der Waals surface area contributed by atoms with E-state index in [1.165, 1.54) is 16.9 Å². The smallest absolute Gasteiger partial charge is 0.229 e. The van der Waals surface area contributed by atoms with E-state index in [-0.39, 0.29) is 17.7 Å². The minimum absolute atomic E-state index is 0.0630. The molecule has 1 N–H and O–H groups in total. The highest BCUT2D eigenvalue weighted by molar-refractivity contribution is 7.15. The van der Waals surface area contributed by atoms with Crippen LogP contribution in [0.15, 0.2) is 18.2 Å². The fraction of sp³-hybridized carbons (Fsp3) is 0.471. The molecule has 23 heavy (non-hydrogen) atoms. The van der Waals surface area contributed by atoms with Crippen molar-refractivity contribution in [2.75, 3.05) is 11.9 Å². The molecular weight excluding hydrogens is 310 g/mol. The normalized spacial score (nSPS) is 11.3. The Labute approximate surface area is 141 Å². The summed E-state index contributed by atoms with van der Waals surface area (Å²) < 4.78 is 5.69. The van der Waals surface area contributed by atoms with Gasteiger partial charge in [-0.15, -0.1) is 10.2 Å². The third kappa shape index (κ3) is 4.76. The first-order valence-electron chi connectivity index (χ1n) is 7.60. The van der Waals surface area contributed by atoms with Gasteiger partial charge in [0.1, 0.15) is 10.8 Å². The van der Waals surface area contributed by atoms with Crippen molar-refractivity contribution < 1.29 is 9.53 Å². The van der Waals surface area contributed by atoms with Crippen molar-refractivity contribution in [3.8, 4) is 5.75 Å². The van der Waals surface area contributed by atoms with Crippen LogP contribution in [0.5, 0.6) is 5.75 Å². The lowest BCUT2D eigenvalue weighted by atomic mass is 9.98. The summed E-state index contributed by atoms with van der Waals surface area (Å²) >= 11 is 1.41. The average molecular weight is 333 g/mol. The van der Waals surface area contributed by atoms with Gasteiger partial charge in [-0.3, -0.25) is 4.79 Å². The molecule has 0 bridgehead atoms. The van der Waals surface area contributed by atoms with E-state index < -0.39 is 0 Å². The number of benzene rings is 1. The van der Waals surface area contributed by atoms with Gasteiger partial charge in [0.2, 0.25) is 11.0 Å². The van der Waals surface area contributed by atoms with Crippen LogP contribution in [0.1, 0.15) is 43.3 Å². The standard InChI is InChI=1S/C17H23N3O2S/c1-11-7-6-8-13(12(11)2)22-10-9-14(21)18-16-20-19-15(23-16)17(3,4)5/h6-8H,9-10H2,1-5H3,(H,18,20,21). The fourth-order valence-corrected chi connectivity index (χ4v) is 2.71. The molecule has 0 unspecified atom stereocenters. The van der Waals surface area contributed by atoms with Gasteiger partial charge in [0.05, 0.1) is 13.0 Å². The SMILES string of the molecule is Cc1cccc(OCCC(=O)Nc2nnc(C(C)(C)C)s2)c1C. The van der Waals surface area contributed by atoms with Crippen molar-refractivity contribution in [1.82, 2.24) is 10.2 Å². The molecule has 0 spiro atoms. The summed E-state index contributed by atoms with van der Waals surface area (Å²) in [5, 5.41) is 12.3. The van der Waals surface area contributed by atoms with Crippen LogP contribution in [-0.4, -0.2) is 22.7 Å². The van der Waals surface area contributed by atoms with Gasteiger partial charge in [0.25, 0.3) is 0 Å². The number of carbonyl (C=O) groups is 1. The Morgan fingerprint density at radius 1 is 1.26 bits per heavy atom. The maximum atomic E-state index is 12.0. The number of carbonyl (C=O) groups excluding carboxylic acids is 1. The van der Waals surface area contributed by atoms with Gasteiger partial charge in [0, 0.05) is 5.41 Å². The highest BCUT2D eigenvalue weighted by Gasteiger charge is 2.20. The zero-order valence-corrected chi connectivity index (χ0v) is 15.1. The lowest BCUT2D eigenvalue weighted by Gasteiger charge is -2.12. The van der Waals surface area contributed by atoms with Gasteiger partial charge in [-0.05, 0) is 31.0 Å². The highest BCUT2D eigenvalue weighted by Crippen LogP contribution is 2.27. The van der Waals surface area contributed by atoms with Crippen molar-refractivity contribution in [1.29, 1.82) is 0 Å². The van der Waals surface area contributed by atoms with E-state index in [4.69, 9.17) is 4.74 Å². The minimum Gasteiger partial charge on any atom is -0.493 e. The molecule has 2 aromatic rings. The topological polar surface area (TPSA) is 64.1 Å². The number of nitrogens with zero attached hydrogens (tertiary/aromatic N) is 2. The molecule has 5 nitrogen and oxygen atoms in total. The molecule has 0 saturated carbocycles. The number of rotatable bonds is 5. The second kappa shape index (κ2) is 7.08. The average Bonchev–Trinajstić information content (AvgIpc) is 2.92. The lowest BCUT2D eigenvalue weighted by Crippen LogP contribution is -2.15. The number of nitrogens with one attached hydrogen (secondary N) is 1. The monoisotopic (exact) mass is 333 g/mol. The van der Waals surface area contributed by atoms with Crippen LogP contribution in [0.4, 0.5) is 5.13 Å². The summed E-state index contributed by atoms with van der Waals surface area (Å²) in [7, 11) is 0. The van der Waals surface area contributed by atoms with Crippen LogP contribution in [0, 0.1) is 13.8 Å². The number of aryl methyl sites for hydroxylation is 1. The molecule has 1 aromatic heterocycles. The molecular formula is C17H23N3O2S. The molecule has 1 amide bonds. The van der Waals surface area contributed by atoms with Crippen LogP contribution in [0.25, 0.3) is 0 Å². The van der Waals surface area contributed by atoms with E-state index >= 15 is 0 Å². The predicted octanol–water partition coefficient (Wildman–Crippen LogP) is 3.86. The van der Waals surface area contributed by atoms with Gasteiger partial charge < -0.3 is 10.1 Å². The molecule has 0 aliphatic heterocycles. The molecule has 6 heteroatoms. The Balaban J connectivity index is 1.84. The van der Waals surface area contributed by atoms with Crippen LogP contribution in [-0.2, 0) is 10.2 Å². The van der Waals surface area contributed by atoms with Gasteiger partial charge in [-0.1, -0.05) is 44.2 Å². The number of ether oxygens (including phenoxy) is 1. The van der Waals surface area contributed by atoms with E-state index in [0.29, 0.717) is 11.7 Å². The van der Waals surface area contributed by atoms with Crippen LogP contribution in [0.3, 0.4) is 0 Å². The summed E-state index contributed by atoms with van der Waals surface area (Å²) in [4.78, 5) is 12.0. The third-order valence-corrected chi connectivity index (χ3v) is 4.72. The Kier molecular flexibility index (Phi) is 5.36. The number of amides is 1. The molecule has 1 heterocycles. The van der Waals surface area contributed by atoms with Crippen molar-refractivity contribution >= 4 is 22.4 Å². The third-order valence-electron chi connectivity index (χ3n) is 3.45. The van der Waals surface area contributed by atoms with Crippen molar-refractivity contribution in [3.05, 3.63) is 34.3 Å². The second-order valence-electron chi connectivity index (χ2n) is 6.51. The number of hydrogen-bond donors (Lipinski definition) is 1. The Bertz CT molecular complexity index is 689. The maximum absolute atomic E-state index is 12.0. The minimum atomic E-state index is -0.119. The van der Waals surface area contributed by atoms with E-state index in [1.807, 2.05) is 32.0 Å². The van der Waals surface area contributed by atoms with Gasteiger partial charge in [-0.25, -0.2) is 0 Å². The van der Waals surface area contributed by atoms with Crippen LogP contribution < -0.4 is 10.1 Å². The first-order valence-corrected chi connectivity index (χ1v) is 8.42. The molecule has 0 saturated heterocycles. The number of aromatic nitrogens is 2. The van der Waals surface area contributed by atoms with Crippen molar-refractivity contribution in [2.24, 2.45) is 0 Å². The molecule has 0 aliphatic carbocycles. The molecule has 0 fully saturated rings. The van der Waals surface area contributed by atoms with Gasteiger partial charge in [-0.2, -0.15) is 0 Å². The van der Waals surface area contributed by atoms with E-state index in [9.17, 15) is 4.79 Å². The Hall–Kier alpha value is -1.95. The van der Waals surface area contributed by atoms with Crippen molar-refractivity contribution in [3.63, 3.8) is 0 Å². The summed E-state index contributed by atoms with van der Waals surface area (Å²) in [6.07, 6.45) is 0.276. The van der Waals surface area contributed by atoms with E-state index in [1.54, 1.807) is 0 Å². The molecule has 2 rings (SSSR count). The largest absolute Gasteiger partial charge is 0.493 e. The van der Waals surface area contributed by atoms with E-state index in [0.717, 1.165) is 16.3 Å². The number of anilines is 1. The number of hydrogen-bond acceptors (Lipinski definition) is 5. The van der Waals surface area contributed by atoms with Gasteiger partial charge >= 0.3 is 0 Å². The molecule has 124 valence electrons. The maximum Gasteiger partial charge on any atom is 0.229 e. The van der Waals surface area contributed by atoms with Gasteiger partial charge in [0.15, 0.2) is 0 Å². The Morgan fingerprint density at radius 3 is 2.65 bits per heavy atom. The fourth-order valence-electron chi connectivity index (χ4n) is 1.89. The second-order valence-corrected chi connectivity index (χ2v) is 7.48. The van der Waals surface area contributed by atoms with Crippen LogP contribution in [0.2, 0.25) is 0 Å². The summed E-state index contributed by atoms with van der Waals surface area (Å²) in [5.74, 6) is 0.704. The zero-order chi connectivity index (χ0) is 17.0. The molecule has 0 aliphatic rings. The van der Waals surface area contributed by atoms with E-state index in [2.05, 4.69) is 36.3 Å². The van der Waals surface area contributed by atoms with Crippen molar-refractivity contribution in [2.45, 2.75) is 46.5 Å². The quantitative estimate of drug-likeness (QED) is 0.902. The summed E-state index contributed by atoms with van der Waals surface area (Å²) in [6, 6.07) is 5.91. The zero-order valence-electron chi connectivity index (χ0n) is 14.3. The predicted molar refractivity (Wildman–Crippen MR) is 93.3 cm³/mol. The van der Waals surface area contributed by atoms with Crippen LogP contribution >= 0.6 is 11.3 Å². The highest BCUT2D eigenvalue weighted by atomic mass is 32.1. The summed E-state index contributed by atoms with van der Waals surface area (Å²) in [6.45, 7) is 10.6. The molecule has 0 radical (unpaired) electrons. The molecule has 1 aromatic carbocycles. The summed E-state index contributed by atoms with van der Waals surface area (Å²) in [5.41, 5.74) is 2.22. The molecule has 0 atom stereocenters. The lowest BCUT2D eigenvalue weighted by molar-refractivity contribution is -0.116. The first-order chi connectivity index (χ1) is 10.8.